The highest BCUT2D eigenvalue weighted by molar-refractivity contribution is 5.94. The molecule has 0 fully saturated rings. The number of anilines is 1. The van der Waals surface area contributed by atoms with E-state index in [0.717, 1.165) is 0 Å². The Bertz CT molecular complexity index is 560. The number of Topliss-reactive ketones (excluding diaryl/α,β-unsaturated/α-hetero) is 1. The van der Waals surface area contributed by atoms with Gasteiger partial charge in [0.15, 0.2) is 11.2 Å². The van der Waals surface area contributed by atoms with Crippen molar-refractivity contribution < 1.29 is 9.59 Å². The van der Waals surface area contributed by atoms with Crippen molar-refractivity contribution in [3.63, 3.8) is 0 Å². The summed E-state index contributed by atoms with van der Waals surface area (Å²) in [5.74, 6) is 0.220. The number of ketones is 1. The monoisotopic (exact) mass is 263 g/mol. The van der Waals surface area contributed by atoms with E-state index in [1.54, 1.807) is 13.8 Å². The van der Waals surface area contributed by atoms with Gasteiger partial charge < -0.3 is 10.3 Å². The van der Waals surface area contributed by atoms with E-state index in [0.29, 0.717) is 17.1 Å². The molecular weight excluding hydrogens is 246 g/mol. The van der Waals surface area contributed by atoms with E-state index in [-0.39, 0.29) is 24.2 Å². The maximum absolute atomic E-state index is 11.5. The van der Waals surface area contributed by atoms with Crippen molar-refractivity contribution in [1.82, 2.24) is 10.3 Å². The fraction of sp³-hybridized carbons (Fsp3) is 0.308. The molecule has 1 aromatic rings. The zero-order valence-electron chi connectivity index (χ0n) is 11.0. The Kier molecular flexibility index (Phi) is 5.05. The molecule has 0 aliphatic heterocycles. The molecule has 0 bridgehead atoms. The van der Waals surface area contributed by atoms with Crippen LogP contribution in [0.2, 0.25) is 0 Å². The highest BCUT2D eigenvalue weighted by atomic mass is 16.2. The Morgan fingerprint density at radius 3 is 2.63 bits per heavy atom. The Morgan fingerprint density at radius 1 is 1.37 bits per heavy atom. The number of hydrogen-bond donors (Lipinski definition) is 3. The van der Waals surface area contributed by atoms with Crippen LogP contribution in [0.4, 0.5) is 10.6 Å². The van der Waals surface area contributed by atoms with Gasteiger partial charge in [0.2, 0.25) is 0 Å². The molecule has 6 heteroatoms. The van der Waals surface area contributed by atoms with Crippen molar-refractivity contribution in [3.05, 3.63) is 40.2 Å². The van der Waals surface area contributed by atoms with Gasteiger partial charge in [0, 0.05) is 30.8 Å². The first kappa shape index (κ1) is 14.7. The lowest BCUT2D eigenvalue weighted by Gasteiger charge is -2.07. The van der Waals surface area contributed by atoms with Crippen LogP contribution in [-0.4, -0.2) is 23.3 Å². The Morgan fingerprint density at radius 2 is 2.05 bits per heavy atom. The van der Waals surface area contributed by atoms with Crippen LogP contribution in [-0.2, 0) is 4.79 Å². The number of hydrogen-bond acceptors (Lipinski definition) is 3. The number of amides is 2. The quantitative estimate of drug-likeness (QED) is 0.700. The standard InChI is InChI=1S/C13H17N3O3/c1-8(2)11(18)4-5-14-13(19)16-12-7-10(17)6-9(3)15-12/h6-7H,1,4-5H2,2-3H3,(H3,14,15,16,17,19). The molecule has 2 amide bonds. The molecule has 0 saturated heterocycles. The van der Waals surface area contributed by atoms with Gasteiger partial charge >= 0.3 is 6.03 Å². The van der Waals surface area contributed by atoms with E-state index in [4.69, 9.17) is 0 Å². The van der Waals surface area contributed by atoms with E-state index in [9.17, 15) is 14.4 Å². The van der Waals surface area contributed by atoms with Gasteiger partial charge in [-0.15, -0.1) is 0 Å². The lowest BCUT2D eigenvalue weighted by Crippen LogP contribution is -2.31. The number of aromatic amines is 1. The maximum Gasteiger partial charge on any atom is 0.320 e. The number of nitrogens with one attached hydrogen (secondary N) is 3. The minimum Gasteiger partial charge on any atom is -0.345 e. The second kappa shape index (κ2) is 6.53. The molecule has 0 aromatic carbocycles. The van der Waals surface area contributed by atoms with Crippen molar-refractivity contribution in [2.45, 2.75) is 20.3 Å². The molecule has 19 heavy (non-hydrogen) atoms. The van der Waals surface area contributed by atoms with Crippen molar-refractivity contribution in [1.29, 1.82) is 0 Å². The predicted octanol–water partition coefficient (Wildman–Crippen LogP) is 1.34. The van der Waals surface area contributed by atoms with Crippen LogP contribution in [0.3, 0.4) is 0 Å². The number of aromatic nitrogens is 1. The average molecular weight is 263 g/mol. The molecular formula is C13H17N3O3. The van der Waals surface area contributed by atoms with E-state index in [1.807, 2.05) is 0 Å². The van der Waals surface area contributed by atoms with E-state index < -0.39 is 6.03 Å². The molecule has 0 radical (unpaired) electrons. The lowest BCUT2D eigenvalue weighted by molar-refractivity contribution is -0.115. The van der Waals surface area contributed by atoms with Crippen LogP contribution in [0.1, 0.15) is 19.0 Å². The third kappa shape index (κ3) is 5.20. The lowest BCUT2D eigenvalue weighted by atomic mass is 10.2. The number of carbonyl (C=O) groups is 2. The van der Waals surface area contributed by atoms with E-state index in [2.05, 4.69) is 22.2 Å². The number of allylic oxidation sites excluding steroid dienone is 1. The first-order valence-electron chi connectivity index (χ1n) is 5.83. The van der Waals surface area contributed by atoms with Crippen LogP contribution in [0, 0.1) is 6.92 Å². The molecule has 0 saturated carbocycles. The van der Waals surface area contributed by atoms with Crippen molar-refractivity contribution in [2.75, 3.05) is 11.9 Å². The SMILES string of the molecule is C=C(C)C(=O)CCNC(=O)Nc1cc(=O)cc(C)[nH]1. The third-order valence-electron chi connectivity index (χ3n) is 2.34. The number of carbonyl (C=O) groups excluding carboxylic acids is 2. The number of rotatable bonds is 5. The second-order valence-electron chi connectivity index (χ2n) is 4.25. The topological polar surface area (TPSA) is 91.1 Å². The molecule has 1 rings (SSSR count). The third-order valence-corrected chi connectivity index (χ3v) is 2.34. The van der Waals surface area contributed by atoms with Gasteiger partial charge in [-0.05, 0) is 19.4 Å². The number of pyridine rings is 1. The van der Waals surface area contributed by atoms with Crippen LogP contribution < -0.4 is 16.1 Å². The van der Waals surface area contributed by atoms with Crippen molar-refractivity contribution >= 4 is 17.6 Å². The second-order valence-corrected chi connectivity index (χ2v) is 4.25. The van der Waals surface area contributed by atoms with Gasteiger partial charge in [-0.1, -0.05) is 6.58 Å². The smallest absolute Gasteiger partial charge is 0.320 e. The normalized spacial score (nSPS) is 9.79. The summed E-state index contributed by atoms with van der Waals surface area (Å²) >= 11 is 0. The number of aryl methyl sites for hydroxylation is 1. The molecule has 102 valence electrons. The van der Waals surface area contributed by atoms with Gasteiger partial charge in [0.25, 0.3) is 0 Å². The molecule has 3 N–H and O–H groups in total. The fourth-order valence-corrected chi connectivity index (χ4v) is 1.42. The van der Waals surface area contributed by atoms with Crippen molar-refractivity contribution in [3.8, 4) is 0 Å². The summed E-state index contributed by atoms with van der Waals surface area (Å²) in [5.41, 5.74) is 0.925. The van der Waals surface area contributed by atoms with E-state index in [1.165, 1.54) is 12.1 Å². The highest BCUT2D eigenvalue weighted by Crippen LogP contribution is 1.99. The minimum absolute atomic E-state index is 0.0933. The molecule has 0 unspecified atom stereocenters. The van der Waals surface area contributed by atoms with Gasteiger partial charge in [0.1, 0.15) is 5.82 Å². The highest BCUT2D eigenvalue weighted by Gasteiger charge is 2.05. The molecule has 0 atom stereocenters. The molecule has 0 spiro atoms. The average Bonchev–Trinajstić information content (AvgIpc) is 2.26. The summed E-state index contributed by atoms with van der Waals surface area (Å²) < 4.78 is 0. The zero-order valence-corrected chi connectivity index (χ0v) is 11.0. The fourth-order valence-electron chi connectivity index (χ4n) is 1.42. The molecule has 0 aliphatic carbocycles. The largest absolute Gasteiger partial charge is 0.345 e. The van der Waals surface area contributed by atoms with Crippen LogP contribution in [0.15, 0.2) is 29.1 Å². The van der Waals surface area contributed by atoms with Gasteiger partial charge in [-0.3, -0.25) is 14.9 Å². The zero-order chi connectivity index (χ0) is 14.4. The summed E-state index contributed by atoms with van der Waals surface area (Å²) in [5, 5.41) is 5.01. The first-order chi connectivity index (χ1) is 8.88. The Labute approximate surface area is 110 Å². The first-order valence-corrected chi connectivity index (χ1v) is 5.83. The van der Waals surface area contributed by atoms with Crippen LogP contribution in [0.25, 0.3) is 0 Å². The van der Waals surface area contributed by atoms with Gasteiger partial charge in [-0.25, -0.2) is 4.79 Å². The summed E-state index contributed by atoms with van der Waals surface area (Å²) in [6.07, 6.45) is 0.201. The molecule has 1 heterocycles. The van der Waals surface area contributed by atoms with Crippen molar-refractivity contribution in [2.24, 2.45) is 0 Å². The molecule has 6 nitrogen and oxygen atoms in total. The molecule has 0 aliphatic rings. The predicted molar refractivity (Wildman–Crippen MR) is 73.3 cm³/mol. The van der Waals surface area contributed by atoms with Gasteiger partial charge in [0.05, 0.1) is 0 Å². The summed E-state index contributed by atoms with van der Waals surface area (Å²) in [6.45, 7) is 7.08. The summed E-state index contributed by atoms with van der Waals surface area (Å²) in [7, 11) is 0. The number of H-pyrrole nitrogens is 1. The Balaban J connectivity index is 2.45. The minimum atomic E-state index is -0.476. The summed E-state index contributed by atoms with van der Waals surface area (Å²) in [4.78, 5) is 36.8. The summed E-state index contributed by atoms with van der Waals surface area (Å²) in [6, 6.07) is 2.23. The van der Waals surface area contributed by atoms with Crippen LogP contribution in [0.5, 0.6) is 0 Å². The maximum atomic E-state index is 11.5. The molecule has 1 aromatic heterocycles. The van der Waals surface area contributed by atoms with E-state index >= 15 is 0 Å². The van der Waals surface area contributed by atoms with Crippen LogP contribution >= 0.6 is 0 Å². The van der Waals surface area contributed by atoms with Gasteiger partial charge in [-0.2, -0.15) is 0 Å². The Hall–Kier alpha value is -2.37. The number of urea groups is 1.